The van der Waals surface area contributed by atoms with Crippen molar-refractivity contribution in [3.63, 3.8) is 0 Å². The van der Waals surface area contributed by atoms with Crippen LogP contribution in [0.4, 0.5) is 0 Å². The van der Waals surface area contributed by atoms with Crippen molar-refractivity contribution in [3.05, 3.63) is 154 Å². The van der Waals surface area contributed by atoms with E-state index in [4.69, 9.17) is 53.0 Å². The Morgan fingerprint density at radius 3 is 1.44 bits per heavy atom. The van der Waals surface area contributed by atoms with Crippen molar-refractivity contribution in [3.8, 4) is 45.3 Å². The summed E-state index contributed by atoms with van der Waals surface area (Å²) in [6.45, 7) is 6.68. The number of Topliss-reactive ketones (excluding diaryl/α,β-unsaturated/α-hetero) is 2. The minimum Gasteiger partial charge on any atom is -0.486 e. The fourth-order valence-electron chi connectivity index (χ4n) is 10.9. The van der Waals surface area contributed by atoms with E-state index < -0.39 is 41.7 Å². The van der Waals surface area contributed by atoms with Crippen molar-refractivity contribution in [2.75, 3.05) is 65.7 Å². The quantitative estimate of drug-likeness (QED) is 0.0421. The zero-order chi connectivity index (χ0) is 58.9. The molecule has 0 spiro atoms. The molecule has 6 heterocycles. The van der Waals surface area contributed by atoms with E-state index in [1.807, 2.05) is 30.6 Å². The maximum absolute atomic E-state index is 13.2. The number of fused-ring (bicyclic) bond motifs is 4. The van der Waals surface area contributed by atoms with Gasteiger partial charge < -0.3 is 55.1 Å². The van der Waals surface area contributed by atoms with Crippen LogP contribution in [0.25, 0.3) is 44.1 Å². The van der Waals surface area contributed by atoms with Gasteiger partial charge >= 0.3 is 5.97 Å². The molecule has 0 bridgehead atoms. The molecule has 19 nitrogen and oxygen atoms in total. The fraction of sp³-hybridized carbons (Fsp3) is 0.344. The maximum atomic E-state index is 13.2. The second-order valence-electron chi connectivity index (χ2n) is 22.3. The molecule has 2 saturated heterocycles. The van der Waals surface area contributed by atoms with Crippen LogP contribution < -0.4 is 30.0 Å². The molecular weight excluding hydrogens is 1310 g/mol. The summed E-state index contributed by atoms with van der Waals surface area (Å²) in [7, 11) is 0. The van der Waals surface area contributed by atoms with Crippen LogP contribution in [0.2, 0.25) is 10.0 Å². The standard InChI is InChI=1S/C32H31ClN4O5.C18H14N2O3.C14H19ClN2O3.W/c33-25-15-22(16-28-31(25)42-13-12-41-28)29(38)26(18-36-10-1-11-36)35-32(40)30(39)20-4-2-19(3-5-20)21-6-9-27-23(14-21)17-34-37(27)24-7-8-24;21-17(18(22)23)12-3-1-11(2-4-12)13-5-8-16-14(9-13)10-19-20(16)15-6-7-15;15-10-6-9(7-12-14(10)20-5-4-19-12)13(18)11(16)8-17-2-1-3-17;/h2-6,9,14-17,24,26,29,38H,1,7-8,10-13,18H2,(H,35,40);1-5,8-10,15H,6-7H2,(H,22,23);6-7,11,13,18H,1-5,8,16H2;/t26-,29-;;11-,13?;/m1.1./s1. The number of aliphatic carboxylic acids is 1. The van der Waals surface area contributed by atoms with Crippen LogP contribution in [-0.2, 0) is 30.7 Å². The van der Waals surface area contributed by atoms with Crippen molar-refractivity contribution in [2.45, 2.75) is 74.9 Å². The summed E-state index contributed by atoms with van der Waals surface area (Å²) >= 11 is 12.6. The summed E-state index contributed by atoms with van der Waals surface area (Å²) in [6.07, 6.45) is 8.88. The van der Waals surface area contributed by atoms with Gasteiger partial charge in [0, 0.05) is 62.1 Å². The SMILES string of the molecule is N[C@H](CN1CCC1)C(O)c1cc(Cl)c2c(c1)OCCO2.O=C(N[C@H](CN1CCC1)[C@H](O)c1cc(Cl)c2c(c1)OCCO2)C(=O)c1ccc(-c2ccc3c(cnn3C3CC3)c2)cc1.O=C(O)C(=O)c1ccc(-c2ccc3c(cnn3C3CC3)c2)cc1.[W]. The summed E-state index contributed by atoms with van der Waals surface area (Å²) in [6, 6.07) is 32.8. The predicted molar refractivity (Wildman–Crippen MR) is 320 cm³/mol. The minimum atomic E-state index is -1.44. The number of ether oxygens (including phenoxy) is 4. The average Bonchev–Trinajstić information content (AvgIpc) is 2.11. The topological polar surface area (TPSA) is 246 Å². The molecule has 86 heavy (non-hydrogen) atoms. The van der Waals surface area contributed by atoms with Gasteiger partial charge in [0.05, 0.1) is 57.7 Å². The number of carbonyl (C=O) groups excluding carboxylic acids is 3. The largest absolute Gasteiger partial charge is 0.486 e. The minimum absolute atomic E-state index is 0. The normalized spacial score (nSPS) is 17.4. The smallest absolute Gasteiger partial charge is 0.377 e. The summed E-state index contributed by atoms with van der Waals surface area (Å²) in [5.74, 6) is -1.75. The third-order valence-electron chi connectivity index (χ3n) is 16.2. The molecule has 8 aromatic rings. The van der Waals surface area contributed by atoms with E-state index in [-0.39, 0.29) is 38.2 Å². The van der Waals surface area contributed by atoms with E-state index in [1.165, 1.54) is 32.1 Å². The van der Waals surface area contributed by atoms with Gasteiger partial charge in [-0.15, -0.1) is 0 Å². The number of hydrogen-bond donors (Lipinski definition) is 5. The fourth-order valence-corrected chi connectivity index (χ4v) is 11.5. The maximum Gasteiger partial charge on any atom is 0.377 e. The van der Waals surface area contributed by atoms with E-state index in [0.29, 0.717) is 95.8 Å². The number of likely N-dealkylation sites (tertiary alicyclic amines) is 2. The van der Waals surface area contributed by atoms with Crippen LogP contribution in [0.15, 0.2) is 122 Å². The molecule has 2 saturated carbocycles. The first-order valence-corrected chi connectivity index (χ1v) is 29.5. The number of halogens is 2. The molecular formula is C64H64Cl2N8O11W. The number of aromatic nitrogens is 4. The van der Waals surface area contributed by atoms with Crippen LogP contribution in [-0.4, -0.2) is 146 Å². The molecule has 6 aromatic carbocycles. The summed E-state index contributed by atoms with van der Waals surface area (Å²) in [5, 5.41) is 45.2. The van der Waals surface area contributed by atoms with Crippen molar-refractivity contribution in [1.82, 2.24) is 34.7 Å². The molecule has 4 fully saturated rings. The molecule has 4 atom stereocenters. The number of aliphatic hydroxyl groups is 2. The number of aliphatic hydroxyl groups excluding tert-OH is 2. The van der Waals surface area contributed by atoms with Gasteiger partial charge in [0.15, 0.2) is 23.0 Å². The number of nitrogens with zero attached hydrogens (tertiary/aromatic N) is 6. The van der Waals surface area contributed by atoms with Gasteiger partial charge in [-0.05, 0) is 147 Å². The number of carboxylic acid groups (broad SMARTS) is 1. The monoisotopic (exact) mass is 1370 g/mol. The molecule has 446 valence electrons. The number of nitrogens with two attached hydrogens (primary N) is 1. The summed E-state index contributed by atoms with van der Waals surface area (Å²) < 4.78 is 26.4. The number of ketones is 2. The van der Waals surface area contributed by atoms with Gasteiger partial charge in [0.2, 0.25) is 5.78 Å². The molecule has 4 aliphatic heterocycles. The van der Waals surface area contributed by atoms with E-state index in [0.717, 1.165) is 76.7 Å². The van der Waals surface area contributed by atoms with Gasteiger partial charge in [-0.2, -0.15) is 10.2 Å². The first-order chi connectivity index (χ1) is 41.2. The number of carboxylic acids is 1. The molecule has 1 amide bonds. The van der Waals surface area contributed by atoms with Gasteiger partial charge in [-0.3, -0.25) is 23.7 Å². The Morgan fingerprint density at radius 1 is 0.570 bits per heavy atom. The summed E-state index contributed by atoms with van der Waals surface area (Å²) in [5.41, 5.74) is 13.9. The van der Waals surface area contributed by atoms with Crippen LogP contribution in [0.1, 0.15) is 94.7 Å². The van der Waals surface area contributed by atoms with E-state index in [1.54, 1.807) is 60.7 Å². The Labute approximate surface area is 520 Å². The molecule has 14 rings (SSSR count). The van der Waals surface area contributed by atoms with E-state index in [2.05, 4.69) is 65.0 Å². The second kappa shape index (κ2) is 26.4. The molecule has 2 aromatic heterocycles. The predicted octanol–water partition coefficient (Wildman–Crippen LogP) is 9.05. The Morgan fingerprint density at radius 2 is 1.00 bits per heavy atom. The van der Waals surface area contributed by atoms with Gasteiger partial charge in [-0.25, -0.2) is 4.79 Å². The van der Waals surface area contributed by atoms with Gasteiger partial charge in [-0.1, -0.05) is 83.9 Å². The number of benzene rings is 6. The molecule has 1 unspecified atom stereocenters. The van der Waals surface area contributed by atoms with Crippen LogP contribution in [0.5, 0.6) is 23.0 Å². The van der Waals surface area contributed by atoms with Crippen LogP contribution in [0, 0.1) is 0 Å². The number of amides is 1. The third kappa shape index (κ3) is 13.5. The first-order valence-electron chi connectivity index (χ1n) is 28.8. The average molecular weight is 1380 g/mol. The molecule has 6 aliphatic rings. The van der Waals surface area contributed by atoms with Crippen LogP contribution >= 0.6 is 23.2 Å². The van der Waals surface area contributed by atoms with Gasteiger partial charge in [0.25, 0.3) is 11.7 Å². The van der Waals surface area contributed by atoms with Crippen molar-refractivity contribution in [2.24, 2.45) is 5.73 Å². The molecule has 22 heteroatoms. The van der Waals surface area contributed by atoms with Crippen molar-refractivity contribution >= 4 is 68.5 Å². The Kier molecular flexibility index (Phi) is 18.6. The van der Waals surface area contributed by atoms with E-state index in [9.17, 15) is 29.4 Å². The number of hydrogen-bond acceptors (Lipinski definition) is 15. The summed E-state index contributed by atoms with van der Waals surface area (Å²) in [4.78, 5) is 52.8. The Hall–Kier alpha value is -7.19. The van der Waals surface area contributed by atoms with Crippen LogP contribution in [0.3, 0.4) is 0 Å². The van der Waals surface area contributed by atoms with E-state index >= 15 is 0 Å². The molecule has 0 radical (unpaired) electrons. The number of carbonyl (C=O) groups is 4. The Balaban J connectivity index is 0.000000147. The zero-order valence-electron chi connectivity index (χ0n) is 46.9. The van der Waals surface area contributed by atoms with Crippen molar-refractivity contribution < 1.29 is 74.5 Å². The second-order valence-corrected chi connectivity index (χ2v) is 23.1. The number of nitrogens with one attached hydrogen (secondary N) is 1. The zero-order valence-corrected chi connectivity index (χ0v) is 51.3. The van der Waals surface area contributed by atoms with Gasteiger partial charge in [0.1, 0.15) is 32.5 Å². The third-order valence-corrected chi connectivity index (χ3v) is 16.7. The molecule has 2 aliphatic carbocycles. The van der Waals surface area contributed by atoms with Crippen molar-refractivity contribution in [1.29, 1.82) is 0 Å². The Bertz CT molecular complexity index is 3810. The number of rotatable bonds is 17. The molecule has 6 N–H and O–H groups in total. The first kappa shape index (κ1) is 60.5.